The van der Waals surface area contributed by atoms with E-state index in [2.05, 4.69) is 20.9 Å². The number of thioether (sulfide) groups is 1. The second-order valence-electron chi connectivity index (χ2n) is 7.98. The van der Waals surface area contributed by atoms with E-state index in [4.69, 9.17) is 14.2 Å². The van der Waals surface area contributed by atoms with Gasteiger partial charge in [0.05, 0.1) is 5.69 Å². The third-order valence-corrected chi connectivity index (χ3v) is 5.84. The number of carbonyl (C=O) groups excluding carboxylic acids is 4. The molecule has 190 valence electrons. The maximum Gasteiger partial charge on any atom is 0.412 e. The van der Waals surface area contributed by atoms with Gasteiger partial charge >= 0.3 is 18.3 Å². The van der Waals surface area contributed by atoms with E-state index in [1.165, 1.54) is 12.1 Å². The van der Waals surface area contributed by atoms with Crippen LogP contribution in [0.1, 0.15) is 18.1 Å². The van der Waals surface area contributed by atoms with Crippen molar-refractivity contribution in [1.82, 2.24) is 0 Å². The summed E-state index contributed by atoms with van der Waals surface area (Å²) >= 11 is 1.73. The summed E-state index contributed by atoms with van der Waals surface area (Å²) in [4.78, 5) is 50.3. The number of isocyanates is 1. The number of hydrogen-bond acceptors (Lipinski definition) is 9. The summed E-state index contributed by atoms with van der Waals surface area (Å²) in [6.07, 6.45) is -1.38. The van der Waals surface area contributed by atoms with Gasteiger partial charge < -0.3 is 14.2 Å². The number of aryl methyl sites for hydroxylation is 2. The van der Waals surface area contributed by atoms with Crippen molar-refractivity contribution in [2.75, 3.05) is 34.9 Å². The number of benzene rings is 2. The predicted molar refractivity (Wildman–Crippen MR) is 136 cm³/mol. The van der Waals surface area contributed by atoms with Crippen molar-refractivity contribution >= 4 is 58.9 Å². The number of anilines is 3. The first-order chi connectivity index (χ1) is 17.2. The van der Waals surface area contributed by atoms with Crippen molar-refractivity contribution in [3.05, 3.63) is 47.5 Å². The molecule has 2 atom stereocenters. The lowest BCUT2D eigenvalue weighted by molar-refractivity contribution is 0.0651. The summed E-state index contributed by atoms with van der Waals surface area (Å²) < 4.78 is 15.5. The van der Waals surface area contributed by atoms with E-state index in [1.807, 2.05) is 0 Å². The summed E-state index contributed by atoms with van der Waals surface area (Å²) in [7, 11) is 0. The normalized spacial score (nSPS) is 14.5. The highest BCUT2D eigenvalue weighted by Gasteiger charge is 2.24. The highest BCUT2D eigenvalue weighted by atomic mass is 32.2. The number of rotatable bonds is 9. The van der Waals surface area contributed by atoms with Gasteiger partial charge in [0.15, 0.2) is 0 Å². The third kappa shape index (κ3) is 8.64. The number of hydrogen-bond donors (Lipinski definition) is 3. The third-order valence-electron chi connectivity index (χ3n) is 4.90. The standard InChI is InChI=1S/C24H26N4O7S/c1-14-4-6-17(8-20(14)25-13-29)27-24(32)35-16(3)10-33-23(31)28-21-9-18(7-5-15(21)2)26-22(30)34-11-19-12-36-19/h4-9,16,19H,10-12H2,1-3H3,(H,26,30)(H,27,32)(H,28,31). The molecule has 3 amide bonds. The van der Waals surface area contributed by atoms with E-state index >= 15 is 0 Å². The van der Waals surface area contributed by atoms with E-state index in [0.717, 1.165) is 16.9 Å². The Hall–Kier alpha value is -4.02. The number of nitrogens with zero attached hydrogens (tertiary/aromatic N) is 1. The quantitative estimate of drug-likeness (QED) is 0.181. The van der Waals surface area contributed by atoms with E-state index in [-0.39, 0.29) is 6.61 Å². The van der Waals surface area contributed by atoms with Gasteiger partial charge in [-0.05, 0) is 56.2 Å². The fourth-order valence-electron chi connectivity index (χ4n) is 2.88. The van der Waals surface area contributed by atoms with Crippen LogP contribution in [-0.4, -0.2) is 54.7 Å². The minimum absolute atomic E-state index is 0.198. The molecular formula is C24H26N4O7S. The van der Waals surface area contributed by atoms with Crippen LogP contribution in [0.25, 0.3) is 0 Å². The Bertz CT molecular complexity index is 1180. The molecule has 11 nitrogen and oxygen atoms in total. The van der Waals surface area contributed by atoms with Crippen LogP contribution in [0.15, 0.2) is 41.4 Å². The second kappa shape index (κ2) is 12.6. The van der Waals surface area contributed by atoms with Gasteiger partial charge in [0.2, 0.25) is 6.08 Å². The van der Waals surface area contributed by atoms with E-state index in [0.29, 0.717) is 34.6 Å². The van der Waals surface area contributed by atoms with Crippen molar-refractivity contribution in [3.63, 3.8) is 0 Å². The van der Waals surface area contributed by atoms with Crippen molar-refractivity contribution in [3.8, 4) is 0 Å². The molecule has 1 aliphatic rings. The first-order valence-electron chi connectivity index (χ1n) is 11.0. The molecule has 1 heterocycles. The van der Waals surface area contributed by atoms with Gasteiger partial charge in [0.25, 0.3) is 0 Å². The molecule has 0 bridgehead atoms. The van der Waals surface area contributed by atoms with Crippen molar-refractivity contribution in [2.45, 2.75) is 32.1 Å². The summed E-state index contributed by atoms with van der Waals surface area (Å²) in [5, 5.41) is 8.11. The van der Waals surface area contributed by atoms with Crippen molar-refractivity contribution in [1.29, 1.82) is 0 Å². The minimum Gasteiger partial charge on any atom is -0.448 e. The van der Waals surface area contributed by atoms with Crippen LogP contribution in [0.4, 0.5) is 37.1 Å². The average Bonchev–Trinajstić information content (AvgIpc) is 3.65. The molecule has 3 rings (SSSR count). The molecule has 0 saturated carbocycles. The first kappa shape index (κ1) is 26.6. The Balaban J connectivity index is 1.44. The molecule has 1 aliphatic heterocycles. The molecule has 2 aromatic rings. The van der Waals surface area contributed by atoms with Gasteiger partial charge in [-0.2, -0.15) is 16.8 Å². The average molecular weight is 515 g/mol. The highest BCUT2D eigenvalue weighted by molar-refractivity contribution is 8.06. The van der Waals surface area contributed by atoms with Gasteiger partial charge in [-0.1, -0.05) is 12.1 Å². The van der Waals surface area contributed by atoms with Crippen LogP contribution in [0.2, 0.25) is 0 Å². The van der Waals surface area contributed by atoms with Crippen LogP contribution in [0.3, 0.4) is 0 Å². The zero-order chi connectivity index (χ0) is 26.1. The Morgan fingerprint density at radius 2 is 1.64 bits per heavy atom. The number of carbonyl (C=O) groups is 3. The van der Waals surface area contributed by atoms with E-state index in [9.17, 15) is 19.2 Å². The maximum absolute atomic E-state index is 12.2. The van der Waals surface area contributed by atoms with E-state index in [1.54, 1.807) is 62.9 Å². The number of ether oxygens (including phenoxy) is 3. The molecule has 0 aliphatic carbocycles. The lowest BCUT2D eigenvalue weighted by Gasteiger charge is -2.16. The molecular weight excluding hydrogens is 488 g/mol. The largest absolute Gasteiger partial charge is 0.448 e. The smallest absolute Gasteiger partial charge is 0.412 e. The van der Waals surface area contributed by atoms with Crippen LogP contribution in [-0.2, 0) is 19.0 Å². The minimum atomic E-state index is -0.766. The molecule has 3 N–H and O–H groups in total. The molecule has 1 fully saturated rings. The SMILES string of the molecule is Cc1ccc(NC(=O)OC(C)COC(=O)Nc2cc(NC(=O)OCC3CS3)ccc2C)cc1N=C=O. The Morgan fingerprint density at radius 1 is 1.00 bits per heavy atom. The van der Waals surface area contributed by atoms with Crippen molar-refractivity contribution in [2.24, 2.45) is 4.99 Å². The molecule has 1 saturated heterocycles. The molecule has 36 heavy (non-hydrogen) atoms. The van der Waals surface area contributed by atoms with Gasteiger partial charge in [-0.15, -0.1) is 0 Å². The lowest BCUT2D eigenvalue weighted by Crippen LogP contribution is -2.26. The molecule has 12 heteroatoms. The van der Waals surface area contributed by atoms with Gasteiger partial charge in [-0.25, -0.2) is 19.2 Å². The topological polar surface area (TPSA) is 144 Å². The van der Waals surface area contributed by atoms with Crippen LogP contribution in [0.5, 0.6) is 0 Å². The lowest BCUT2D eigenvalue weighted by atomic mass is 10.2. The second-order valence-corrected chi connectivity index (χ2v) is 9.31. The molecule has 0 aromatic heterocycles. The Morgan fingerprint density at radius 3 is 2.33 bits per heavy atom. The van der Waals surface area contributed by atoms with Crippen molar-refractivity contribution < 1.29 is 33.4 Å². The molecule has 0 spiro atoms. The molecule has 2 unspecified atom stereocenters. The number of aliphatic imine (C=N–C) groups is 1. The van der Waals surface area contributed by atoms with Crippen LogP contribution < -0.4 is 16.0 Å². The monoisotopic (exact) mass is 514 g/mol. The summed E-state index contributed by atoms with van der Waals surface area (Å²) in [5.41, 5.74) is 3.14. The zero-order valence-electron chi connectivity index (χ0n) is 20.0. The zero-order valence-corrected chi connectivity index (χ0v) is 20.8. The number of amides is 3. The highest BCUT2D eigenvalue weighted by Crippen LogP contribution is 2.30. The first-order valence-corrected chi connectivity index (χ1v) is 12.0. The van der Waals surface area contributed by atoms with Gasteiger partial charge in [-0.3, -0.25) is 16.0 Å². The Labute approximate surface area is 212 Å². The predicted octanol–water partition coefficient (Wildman–Crippen LogP) is 5.12. The van der Waals surface area contributed by atoms with Gasteiger partial charge in [0, 0.05) is 28.1 Å². The van der Waals surface area contributed by atoms with Crippen LogP contribution in [0, 0.1) is 13.8 Å². The number of nitrogens with one attached hydrogen (secondary N) is 3. The van der Waals surface area contributed by atoms with Crippen LogP contribution >= 0.6 is 11.8 Å². The summed E-state index contributed by atoms with van der Waals surface area (Å²) in [5.74, 6) is 0.994. The van der Waals surface area contributed by atoms with Gasteiger partial charge in [0.1, 0.15) is 19.3 Å². The fraction of sp³-hybridized carbons (Fsp3) is 0.333. The Kier molecular flexibility index (Phi) is 9.32. The maximum atomic E-state index is 12.2. The summed E-state index contributed by atoms with van der Waals surface area (Å²) in [6.45, 7) is 5.27. The van der Waals surface area contributed by atoms with E-state index < -0.39 is 24.4 Å². The molecule has 0 radical (unpaired) electrons. The summed E-state index contributed by atoms with van der Waals surface area (Å²) in [6, 6.07) is 9.83. The fourth-order valence-corrected chi connectivity index (χ4v) is 3.28. The molecule has 2 aromatic carbocycles.